The van der Waals surface area contributed by atoms with Crippen molar-refractivity contribution in [1.29, 1.82) is 10.5 Å². The zero-order valence-corrected chi connectivity index (χ0v) is 16.7. The molecule has 146 valence electrons. The van der Waals surface area contributed by atoms with Gasteiger partial charge in [0.2, 0.25) is 5.91 Å². The molecule has 1 amide bonds. The van der Waals surface area contributed by atoms with Gasteiger partial charge in [0.1, 0.15) is 29.1 Å². The van der Waals surface area contributed by atoms with Crippen LogP contribution in [0.15, 0.2) is 11.4 Å². The summed E-state index contributed by atoms with van der Waals surface area (Å²) >= 11 is 0. The van der Waals surface area contributed by atoms with Gasteiger partial charge in [-0.15, -0.1) is 0 Å². The molecule has 2 atom stereocenters. The lowest BCUT2D eigenvalue weighted by molar-refractivity contribution is -0.135. The van der Waals surface area contributed by atoms with E-state index in [2.05, 4.69) is 28.1 Å². The zero-order valence-electron chi connectivity index (χ0n) is 16.7. The number of amides is 1. The Kier molecular flexibility index (Phi) is 5.12. The maximum Gasteiger partial charge on any atom is 0.246 e. The van der Waals surface area contributed by atoms with E-state index in [9.17, 15) is 15.3 Å². The third kappa shape index (κ3) is 3.50. The quantitative estimate of drug-likeness (QED) is 0.660. The summed E-state index contributed by atoms with van der Waals surface area (Å²) in [7, 11) is 0. The van der Waals surface area contributed by atoms with Crippen molar-refractivity contribution in [3.63, 3.8) is 0 Å². The maximum atomic E-state index is 13.6. The average molecular weight is 370 g/mol. The van der Waals surface area contributed by atoms with Crippen LogP contribution in [0.4, 0.5) is 0 Å². The van der Waals surface area contributed by atoms with Gasteiger partial charge in [-0.3, -0.25) is 4.79 Å². The van der Waals surface area contributed by atoms with Crippen LogP contribution in [0.1, 0.15) is 78.6 Å². The summed E-state index contributed by atoms with van der Waals surface area (Å²) in [6.45, 7) is 5.94. The van der Waals surface area contributed by atoms with Crippen molar-refractivity contribution < 1.29 is 4.79 Å². The number of rotatable bonds is 1. The Balaban J connectivity index is 2.14. The standard InChI is InChI=1S/C21H31N5O/c1-19(2,3)26-18(27)21-12-8-5-9-17(21)20(10-6-4-7-11-20)24-15(13-22)16(14-23)25-21/h17,24-25H,4-12H2,1-3H3,(H,26,27). The van der Waals surface area contributed by atoms with Gasteiger partial charge in [-0.1, -0.05) is 32.1 Å². The van der Waals surface area contributed by atoms with Crippen molar-refractivity contribution in [2.45, 2.75) is 95.2 Å². The Morgan fingerprint density at radius 2 is 1.59 bits per heavy atom. The molecule has 3 N–H and O–H groups in total. The van der Waals surface area contributed by atoms with E-state index in [1.54, 1.807) is 0 Å². The van der Waals surface area contributed by atoms with Crippen LogP contribution < -0.4 is 16.0 Å². The molecule has 0 saturated heterocycles. The molecule has 1 spiro atoms. The van der Waals surface area contributed by atoms with Crippen molar-refractivity contribution in [3.05, 3.63) is 11.4 Å². The second kappa shape index (κ2) is 7.08. The Hall–Kier alpha value is -2.21. The number of nitriles is 2. The fourth-order valence-corrected chi connectivity index (χ4v) is 5.36. The van der Waals surface area contributed by atoms with Crippen LogP contribution in [0, 0.1) is 28.6 Å². The molecule has 0 radical (unpaired) electrons. The van der Waals surface area contributed by atoms with Crippen LogP contribution in [0.5, 0.6) is 0 Å². The van der Waals surface area contributed by atoms with Gasteiger partial charge >= 0.3 is 0 Å². The average Bonchev–Trinajstić information content (AvgIpc) is 2.75. The predicted molar refractivity (Wildman–Crippen MR) is 103 cm³/mol. The molecular formula is C21H31N5O. The van der Waals surface area contributed by atoms with E-state index in [1.165, 1.54) is 6.42 Å². The first-order valence-electron chi connectivity index (χ1n) is 10.2. The van der Waals surface area contributed by atoms with E-state index in [0.29, 0.717) is 6.42 Å². The minimum Gasteiger partial charge on any atom is -0.368 e. The van der Waals surface area contributed by atoms with Crippen LogP contribution in [0.3, 0.4) is 0 Å². The Labute approximate surface area is 162 Å². The normalized spacial score (nSPS) is 30.0. The summed E-state index contributed by atoms with van der Waals surface area (Å²) in [6, 6.07) is 4.33. The monoisotopic (exact) mass is 369 g/mol. The summed E-state index contributed by atoms with van der Waals surface area (Å²) < 4.78 is 0. The van der Waals surface area contributed by atoms with Gasteiger partial charge in [-0.25, -0.2) is 0 Å². The van der Waals surface area contributed by atoms with E-state index < -0.39 is 5.54 Å². The first-order valence-corrected chi connectivity index (χ1v) is 10.2. The molecule has 0 bridgehead atoms. The predicted octanol–water partition coefficient (Wildman–Crippen LogP) is 2.98. The summed E-state index contributed by atoms with van der Waals surface area (Å²) in [4.78, 5) is 13.6. The third-order valence-electron chi connectivity index (χ3n) is 6.41. The first kappa shape index (κ1) is 19.5. The number of nitrogens with one attached hydrogen (secondary N) is 3. The van der Waals surface area contributed by atoms with Crippen molar-refractivity contribution in [2.75, 3.05) is 0 Å². The molecule has 0 aromatic carbocycles. The third-order valence-corrected chi connectivity index (χ3v) is 6.41. The van der Waals surface area contributed by atoms with E-state index in [4.69, 9.17) is 0 Å². The van der Waals surface area contributed by atoms with E-state index in [1.807, 2.05) is 20.8 Å². The fraction of sp³-hybridized carbons (Fsp3) is 0.762. The molecule has 6 nitrogen and oxygen atoms in total. The highest BCUT2D eigenvalue weighted by Crippen LogP contribution is 2.49. The number of carbonyl (C=O) groups excluding carboxylic acids is 1. The topological polar surface area (TPSA) is 101 Å². The highest BCUT2D eigenvalue weighted by atomic mass is 16.2. The highest BCUT2D eigenvalue weighted by Gasteiger charge is 2.58. The van der Waals surface area contributed by atoms with Crippen molar-refractivity contribution in [3.8, 4) is 12.1 Å². The second-order valence-electron chi connectivity index (χ2n) is 9.41. The molecule has 2 fully saturated rings. The number of fused-ring (bicyclic) bond motifs is 2. The van der Waals surface area contributed by atoms with Crippen LogP contribution >= 0.6 is 0 Å². The molecule has 6 heteroatoms. The molecule has 2 unspecified atom stereocenters. The van der Waals surface area contributed by atoms with E-state index in [0.717, 1.165) is 44.9 Å². The Morgan fingerprint density at radius 1 is 1.00 bits per heavy atom. The van der Waals surface area contributed by atoms with Gasteiger partial charge in [0.25, 0.3) is 0 Å². The largest absolute Gasteiger partial charge is 0.368 e. The van der Waals surface area contributed by atoms with Gasteiger partial charge < -0.3 is 16.0 Å². The molecule has 3 rings (SSSR count). The second-order valence-corrected chi connectivity index (χ2v) is 9.41. The summed E-state index contributed by atoms with van der Waals surface area (Å²) in [5.41, 5.74) is -1.01. The van der Waals surface area contributed by atoms with Crippen molar-refractivity contribution >= 4 is 5.91 Å². The number of allylic oxidation sites excluding steroid dienone is 2. The van der Waals surface area contributed by atoms with Gasteiger partial charge in [0, 0.05) is 17.0 Å². The number of hydrogen-bond acceptors (Lipinski definition) is 5. The molecule has 1 aliphatic heterocycles. The van der Waals surface area contributed by atoms with Gasteiger partial charge in [0.15, 0.2) is 0 Å². The molecule has 0 aromatic heterocycles. The number of carbonyl (C=O) groups is 1. The molecule has 3 aliphatic rings. The maximum absolute atomic E-state index is 13.6. The first-order chi connectivity index (χ1) is 12.8. The van der Waals surface area contributed by atoms with Crippen molar-refractivity contribution in [2.24, 2.45) is 5.92 Å². The fourth-order valence-electron chi connectivity index (χ4n) is 5.36. The van der Waals surface area contributed by atoms with Crippen LogP contribution in [0.25, 0.3) is 0 Å². The lowest BCUT2D eigenvalue weighted by Crippen LogP contribution is -2.70. The molecule has 0 aromatic rings. The molecule has 2 saturated carbocycles. The highest BCUT2D eigenvalue weighted by molar-refractivity contribution is 5.88. The lowest BCUT2D eigenvalue weighted by atomic mass is 9.59. The van der Waals surface area contributed by atoms with Gasteiger partial charge in [0.05, 0.1) is 0 Å². The Morgan fingerprint density at radius 3 is 2.19 bits per heavy atom. The van der Waals surface area contributed by atoms with Gasteiger partial charge in [-0.2, -0.15) is 10.5 Å². The van der Waals surface area contributed by atoms with Crippen LogP contribution in [-0.4, -0.2) is 22.5 Å². The minimum absolute atomic E-state index is 0.0432. The molecule has 2 aliphatic carbocycles. The van der Waals surface area contributed by atoms with Crippen LogP contribution in [0.2, 0.25) is 0 Å². The zero-order chi connectivity index (χ0) is 19.7. The number of nitrogens with zero attached hydrogens (tertiary/aromatic N) is 2. The van der Waals surface area contributed by atoms with E-state index in [-0.39, 0.29) is 34.3 Å². The molecular weight excluding hydrogens is 338 g/mol. The summed E-state index contributed by atoms with van der Waals surface area (Å²) in [6.07, 6.45) is 8.86. The van der Waals surface area contributed by atoms with E-state index >= 15 is 0 Å². The lowest BCUT2D eigenvalue weighted by Gasteiger charge is -2.53. The van der Waals surface area contributed by atoms with Crippen molar-refractivity contribution in [1.82, 2.24) is 16.0 Å². The summed E-state index contributed by atoms with van der Waals surface area (Å²) in [5, 5.41) is 29.4. The Bertz CT molecular complexity index is 714. The molecule has 1 heterocycles. The smallest absolute Gasteiger partial charge is 0.246 e. The summed E-state index contributed by atoms with van der Waals surface area (Å²) in [5.74, 6) is 0.00832. The number of hydrogen-bond donors (Lipinski definition) is 3. The minimum atomic E-state index is -0.848. The molecule has 27 heavy (non-hydrogen) atoms. The SMILES string of the molecule is CC(C)(C)NC(=O)C12CCCCC1C1(CCCCC1)NC(C#N)=C(C#N)N2. The van der Waals surface area contributed by atoms with Gasteiger partial charge in [-0.05, 0) is 46.5 Å². The van der Waals surface area contributed by atoms with Crippen LogP contribution in [-0.2, 0) is 4.79 Å².